The highest BCUT2D eigenvalue weighted by Gasteiger charge is 2.40. The summed E-state index contributed by atoms with van der Waals surface area (Å²) in [6.07, 6.45) is -0.984. The van der Waals surface area contributed by atoms with Gasteiger partial charge in [0.1, 0.15) is 42.3 Å². The highest BCUT2D eigenvalue weighted by Crippen LogP contribution is 2.21. The molecule has 20 nitrogen and oxygen atoms in total. The third-order valence-electron chi connectivity index (χ3n) is 9.77. The number of aliphatic carboxylic acids is 1. The van der Waals surface area contributed by atoms with Crippen molar-refractivity contribution in [3.8, 4) is 0 Å². The van der Waals surface area contributed by atoms with E-state index in [0.29, 0.717) is 17.5 Å². The lowest BCUT2D eigenvalue weighted by Crippen LogP contribution is -2.60. The van der Waals surface area contributed by atoms with Crippen molar-refractivity contribution in [2.45, 2.75) is 101 Å². The molecule has 0 saturated carbocycles. The Morgan fingerprint density at radius 1 is 0.700 bits per heavy atom. The molecule has 7 unspecified atom stereocenters. The van der Waals surface area contributed by atoms with Gasteiger partial charge in [-0.15, -0.1) is 0 Å². The van der Waals surface area contributed by atoms with E-state index in [1.165, 1.54) is 4.90 Å². The average Bonchev–Trinajstić information content (AvgIpc) is 3.70. The van der Waals surface area contributed by atoms with Crippen LogP contribution in [0, 0.1) is 5.92 Å². The molecule has 0 bridgehead atoms. The first-order chi connectivity index (χ1) is 28.4. The van der Waals surface area contributed by atoms with Crippen molar-refractivity contribution < 1.29 is 53.4 Å². The number of amides is 8. The maximum Gasteiger partial charge on any atom is 0.326 e. The third-order valence-corrected chi connectivity index (χ3v) is 9.77. The van der Waals surface area contributed by atoms with E-state index in [4.69, 9.17) is 17.2 Å². The quantitative estimate of drug-likeness (QED) is 0.0539. The molecule has 2 aromatic rings. The Kier molecular flexibility index (Phi) is 18.6. The van der Waals surface area contributed by atoms with E-state index in [1.807, 2.05) is 0 Å². The highest BCUT2D eigenvalue weighted by atomic mass is 16.4. The number of rotatable bonds is 23. The summed E-state index contributed by atoms with van der Waals surface area (Å²) in [7, 11) is 0. The van der Waals surface area contributed by atoms with Crippen LogP contribution in [0.1, 0.15) is 57.1 Å². The minimum Gasteiger partial charge on any atom is -0.480 e. The fourth-order valence-electron chi connectivity index (χ4n) is 6.52. The maximum absolute atomic E-state index is 14.4. The van der Waals surface area contributed by atoms with Gasteiger partial charge in [-0.3, -0.25) is 38.4 Å². The van der Waals surface area contributed by atoms with Crippen LogP contribution in [0.5, 0.6) is 0 Å². The van der Waals surface area contributed by atoms with E-state index in [1.54, 1.807) is 74.5 Å². The molecule has 13 N–H and O–H groups in total. The molecule has 3 rings (SSSR count). The van der Waals surface area contributed by atoms with Gasteiger partial charge in [0.05, 0.1) is 13.0 Å². The van der Waals surface area contributed by atoms with E-state index in [0.717, 1.165) is 0 Å². The number of likely N-dealkylation sites (tertiary alicyclic amines) is 1. The molecule has 1 heterocycles. The van der Waals surface area contributed by atoms with Crippen LogP contribution in [-0.4, -0.2) is 124 Å². The zero-order chi connectivity index (χ0) is 44.5. The van der Waals surface area contributed by atoms with Crippen molar-refractivity contribution in [1.82, 2.24) is 31.5 Å². The Bertz CT molecular complexity index is 1850. The first kappa shape index (κ1) is 48.0. The summed E-state index contributed by atoms with van der Waals surface area (Å²) in [5.41, 5.74) is 17.7. The van der Waals surface area contributed by atoms with Gasteiger partial charge in [-0.1, -0.05) is 74.5 Å². The zero-order valence-electron chi connectivity index (χ0n) is 33.5. The van der Waals surface area contributed by atoms with Crippen molar-refractivity contribution in [3.05, 3.63) is 71.8 Å². The fraction of sp³-hybridized carbons (Fsp3) is 0.475. The predicted octanol–water partition coefficient (Wildman–Crippen LogP) is -2.91. The van der Waals surface area contributed by atoms with Crippen molar-refractivity contribution in [2.24, 2.45) is 23.1 Å². The molecule has 0 aromatic heterocycles. The van der Waals surface area contributed by atoms with Crippen LogP contribution in [0.15, 0.2) is 60.7 Å². The molecular formula is C40H55N9O11. The number of aliphatic hydroxyl groups excluding tert-OH is 1. The number of benzene rings is 2. The number of nitrogens with two attached hydrogens (primary N) is 3. The Balaban J connectivity index is 1.89. The molecule has 0 spiro atoms. The summed E-state index contributed by atoms with van der Waals surface area (Å²) >= 11 is 0. The molecule has 20 heteroatoms. The smallest absolute Gasteiger partial charge is 0.326 e. The standard InChI is InChI=1S/C40H55N9O11/c1-22(2)33(40(59)60)48-35(54)26(15-16-31(42)51)44-38(57)30-14-9-17-49(30)39(58)29(19-24-12-7-4-8-13-24)47-37(56)28(20-32(43)52)46-36(55)27(45-34(53)25(41)21-50)18-23-10-5-3-6-11-23/h3-8,10-13,22,25-30,33,50H,9,14-21,41H2,1-2H3,(H2,42,51)(H2,43,52)(H,44,57)(H,45,53)(H,46,55)(H,47,56)(H,48,54)(H,59,60). The van der Waals surface area contributed by atoms with Crippen LogP contribution in [0.3, 0.4) is 0 Å². The second-order valence-electron chi connectivity index (χ2n) is 14.8. The average molecular weight is 838 g/mol. The van der Waals surface area contributed by atoms with Gasteiger partial charge >= 0.3 is 5.97 Å². The van der Waals surface area contributed by atoms with E-state index >= 15 is 0 Å². The molecular weight excluding hydrogens is 782 g/mol. The first-order valence-electron chi connectivity index (χ1n) is 19.5. The van der Waals surface area contributed by atoms with Gasteiger partial charge in [-0.25, -0.2) is 4.79 Å². The lowest BCUT2D eigenvalue weighted by molar-refractivity contribution is -0.144. The van der Waals surface area contributed by atoms with E-state index in [9.17, 15) is 53.4 Å². The van der Waals surface area contributed by atoms with Gasteiger partial charge in [0.2, 0.25) is 47.3 Å². The van der Waals surface area contributed by atoms with Crippen LogP contribution < -0.4 is 43.8 Å². The van der Waals surface area contributed by atoms with Crippen LogP contribution in [-0.2, 0) is 56.0 Å². The minimum atomic E-state index is -1.65. The van der Waals surface area contributed by atoms with E-state index < -0.39 is 114 Å². The molecule has 0 aliphatic carbocycles. The Morgan fingerprint density at radius 2 is 1.22 bits per heavy atom. The molecule has 2 aromatic carbocycles. The number of nitrogens with one attached hydrogen (secondary N) is 5. The highest BCUT2D eigenvalue weighted by molar-refractivity contribution is 5.98. The third kappa shape index (κ3) is 14.8. The minimum absolute atomic E-state index is 0.0585. The van der Waals surface area contributed by atoms with Gasteiger partial charge in [0.15, 0.2) is 0 Å². The van der Waals surface area contributed by atoms with Gasteiger partial charge in [0, 0.05) is 25.8 Å². The molecule has 1 saturated heterocycles. The Hall–Kier alpha value is -6.41. The van der Waals surface area contributed by atoms with Gasteiger partial charge in [-0.2, -0.15) is 0 Å². The van der Waals surface area contributed by atoms with E-state index in [-0.39, 0.29) is 38.6 Å². The van der Waals surface area contributed by atoms with Crippen molar-refractivity contribution >= 4 is 53.2 Å². The number of carboxylic acid groups (broad SMARTS) is 1. The number of aliphatic hydroxyl groups is 1. The largest absolute Gasteiger partial charge is 0.480 e. The molecule has 7 atom stereocenters. The summed E-state index contributed by atoms with van der Waals surface area (Å²) < 4.78 is 0. The lowest BCUT2D eigenvalue weighted by atomic mass is 10.0. The first-order valence-corrected chi connectivity index (χ1v) is 19.5. The summed E-state index contributed by atoms with van der Waals surface area (Å²) in [4.78, 5) is 119. The second-order valence-corrected chi connectivity index (χ2v) is 14.8. The molecule has 1 fully saturated rings. The van der Waals surface area contributed by atoms with E-state index in [2.05, 4.69) is 26.6 Å². The Labute approximate surface area is 346 Å². The van der Waals surface area contributed by atoms with Crippen LogP contribution >= 0.6 is 0 Å². The monoisotopic (exact) mass is 837 g/mol. The number of nitrogens with zero attached hydrogens (tertiary/aromatic N) is 1. The molecule has 8 amide bonds. The predicted molar refractivity (Wildman–Crippen MR) is 214 cm³/mol. The zero-order valence-corrected chi connectivity index (χ0v) is 33.5. The van der Waals surface area contributed by atoms with Gasteiger partial charge in [-0.05, 0) is 36.3 Å². The van der Waals surface area contributed by atoms with Gasteiger partial charge < -0.3 is 58.9 Å². The summed E-state index contributed by atoms with van der Waals surface area (Å²) in [5, 5.41) is 31.4. The van der Waals surface area contributed by atoms with Crippen molar-refractivity contribution in [3.63, 3.8) is 0 Å². The maximum atomic E-state index is 14.4. The van der Waals surface area contributed by atoms with Gasteiger partial charge in [0.25, 0.3) is 0 Å². The summed E-state index contributed by atoms with van der Waals surface area (Å²) in [6.45, 7) is 2.49. The number of carboxylic acids is 1. The van der Waals surface area contributed by atoms with Crippen LogP contribution in [0.2, 0.25) is 0 Å². The Morgan fingerprint density at radius 3 is 1.73 bits per heavy atom. The second kappa shape index (κ2) is 23.2. The fourth-order valence-corrected chi connectivity index (χ4v) is 6.52. The molecule has 1 aliphatic rings. The number of hydrogen-bond donors (Lipinski definition) is 10. The molecule has 60 heavy (non-hydrogen) atoms. The summed E-state index contributed by atoms with van der Waals surface area (Å²) in [6, 6.07) is 7.48. The normalized spacial score (nSPS) is 16.6. The number of hydrogen-bond acceptors (Lipinski definition) is 11. The topological polar surface area (TPSA) is 336 Å². The van der Waals surface area contributed by atoms with Crippen LogP contribution in [0.4, 0.5) is 0 Å². The molecule has 326 valence electrons. The van der Waals surface area contributed by atoms with Crippen molar-refractivity contribution in [1.29, 1.82) is 0 Å². The van der Waals surface area contributed by atoms with Crippen molar-refractivity contribution in [2.75, 3.05) is 13.2 Å². The lowest BCUT2D eigenvalue weighted by Gasteiger charge is -2.31. The summed E-state index contributed by atoms with van der Waals surface area (Å²) in [5.74, 6) is -8.72. The van der Waals surface area contributed by atoms with Crippen LogP contribution in [0.25, 0.3) is 0 Å². The number of carbonyl (C=O) groups is 9. The number of carbonyl (C=O) groups excluding carboxylic acids is 8. The molecule has 1 aliphatic heterocycles. The molecule has 0 radical (unpaired) electrons. The SMILES string of the molecule is CC(C)C(NC(=O)C(CCC(N)=O)NC(=O)C1CCCN1C(=O)C(Cc1ccccc1)NC(=O)C(CC(N)=O)NC(=O)C(Cc1ccccc1)NC(=O)C(N)CO)C(=O)O. The number of primary amides is 2.